The van der Waals surface area contributed by atoms with Crippen LogP contribution in [0.15, 0.2) is 23.8 Å². The number of carbonyl (C=O) groups is 3. The van der Waals surface area contributed by atoms with E-state index in [0.717, 1.165) is 25.7 Å². The van der Waals surface area contributed by atoms with Gasteiger partial charge in [0.2, 0.25) is 11.8 Å². The van der Waals surface area contributed by atoms with E-state index in [1.165, 1.54) is 20.3 Å². The number of carbonyl (C=O) groups excluding carboxylic acids is 3. The molecule has 37 heavy (non-hydrogen) atoms. The summed E-state index contributed by atoms with van der Waals surface area (Å²) in [7, 11) is 2.98. The number of aldehydes is 1. The van der Waals surface area contributed by atoms with Gasteiger partial charge >= 0.3 is 0 Å². The Labute approximate surface area is 230 Å². The Hall–Kier alpha value is -2.22. The highest BCUT2D eigenvalue weighted by molar-refractivity contribution is 14.1. The van der Waals surface area contributed by atoms with E-state index in [2.05, 4.69) is 5.32 Å². The van der Waals surface area contributed by atoms with Gasteiger partial charge in [-0.05, 0) is 53.6 Å². The summed E-state index contributed by atoms with van der Waals surface area (Å²) in [6.07, 6.45) is 4.08. The molecule has 0 aliphatic heterocycles. The summed E-state index contributed by atoms with van der Waals surface area (Å²) < 4.78 is 17.4. The molecule has 0 heterocycles. The molecule has 3 atom stereocenters. The summed E-state index contributed by atoms with van der Waals surface area (Å²) in [6.45, 7) is 0.114. The number of hydrogen-bond acceptors (Lipinski definition) is 8. The van der Waals surface area contributed by atoms with Crippen LogP contribution in [-0.4, -0.2) is 91.5 Å². The second-order valence-corrected chi connectivity index (χ2v) is 10.3. The fourth-order valence-corrected chi connectivity index (χ4v) is 5.72. The molecule has 0 radical (unpaired) electrons. The van der Waals surface area contributed by atoms with Crippen LogP contribution in [0.2, 0.25) is 0 Å². The van der Waals surface area contributed by atoms with E-state index in [-0.39, 0.29) is 44.5 Å². The van der Waals surface area contributed by atoms with Crippen LogP contribution in [0.3, 0.4) is 0 Å². The number of aliphatic hydroxyl groups is 2. The molecule has 1 aromatic carbocycles. The summed E-state index contributed by atoms with van der Waals surface area (Å²) in [6, 6.07) is 2.42. The Bertz CT molecular complexity index is 995. The topological polar surface area (TPSA) is 135 Å². The van der Waals surface area contributed by atoms with Gasteiger partial charge in [0.1, 0.15) is 18.5 Å². The molecule has 1 fully saturated rings. The number of nitrogens with zero attached hydrogens (tertiary/aromatic N) is 1. The van der Waals surface area contributed by atoms with Gasteiger partial charge in [-0.2, -0.15) is 0 Å². The van der Waals surface area contributed by atoms with Crippen molar-refractivity contribution in [2.45, 2.75) is 62.8 Å². The number of rotatable bonds is 12. The molecule has 11 heteroatoms. The van der Waals surface area contributed by atoms with Crippen LogP contribution in [0.4, 0.5) is 0 Å². The van der Waals surface area contributed by atoms with Crippen molar-refractivity contribution in [1.29, 1.82) is 0 Å². The number of aliphatic hydroxyl groups excluding tert-OH is 2. The molecular weight excluding hydrogens is 595 g/mol. The molecule has 0 spiro atoms. The number of methoxy groups -OCH3 is 2. The zero-order chi connectivity index (χ0) is 26.9. The first-order chi connectivity index (χ1) is 17.8. The third-order valence-electron chi connectivity index (χ3n) is 6.74. The predicted octanol–water partition coefficient (Wildman–Crippen LogP) is 1.84. The van der Waals surface area contributed by atoms with Gasteiger partial charge in [-0.25, -0.2) is 0 Å². The fraction of sp³-hybridized carbons (Fsp3) is 0.577. The molecular formula is C26H35IN2O8. The Morgan fingerprint density at radius 2 is 1.97 bits per heavy atom. The molecule has 3 N–H and O–H groups in total. The standard InChI is InChI=1S/C26H35IN2O8/c1-35-10-7-23(32)29(18-5-3-4-6-18)20-13-17(26(34)28-8-9-30)14-21(24(20)33)37-25-19(27)11-16(15-31)12-22(25)36-2/h11-12,14-15,18,20-21,24,30,33H,3-10,13H2,1-2H3,(H,28,34). The van der Waals surface area contributed by atoms with Gasteiger partial charge in [0.05, 0.1) is 36.4 Å². The summed E-state index contributed by atoms with van der Waals surface area (Å²) in [5.41, 5.74) is 0.765. The number of benzene rings is 1. The van der Waals surface area contributed by atoms with E-state index < -0.39 is 24.2 Å². The summed E-state index contributed by atoms with van der Waals surface area (Å²) in [5, 5.41) is 23.4. The minimum Gasteiger partial charge on any atom is -0.493 e. The van der Waals surface area contributed by atoms with Crippen molar-refractivity contribution in [3.8, 4) is 11.5 Å². The normalized spacial score (nSPS) is 21.8. The highest BCUT2D eigenvalue weighted by Gasteiger charge is 2.43. The van der Waals surface area contributed by atoms with E-state index in [4.69, 9.17) is 19.3 Å². The molecule has 0 saturated heterocycles. The van der Waals surface area contributed by atoms with Gasteiger partial charge in [-0.1, -0.05) is 12.8 Å². The molecule has 1 aromatic rings. The minimum absolute atomic E-state index is 0.0499. The van der Waals surface area contributed by atoms with Crippen molar-refractivity contribution in [3.63, 3.8) is 0 Å². The summed E-state index contributed by atoms with van der Waals surface area (Å²) >= 11 is 2.02. The first kappa shape index (κ1) is 29.3. The maximum atomic E-state index is 13.4. The van der Waals surface area contributed by atoms with Gasteiger partial charge in [0.25, 0.3) is 0 Å². The zero-order valence-corrected chi connectivity index (χ0v) is 23.3. The van der Waals surface area contributed by atoms with Gasteiger partial charge in [-0.3, -0.25) is 14.4 Å². The first-order valence-electron chi connectivity index (χ1n) is 12.4. The SMILES string of the molecule is COCCC(=O)N(C1CCCC1)C1CC(C(=O)NCCO)=CC(Oc2c(I)cc(C=O)cc2OC)C1O. The zero-order valence-electron chi connectivity index (χ0n) is 21.2. The number of halogens is 1. The van der Waals surface area contributed by atoms with Crippen molar-refractivity contribution in [2.75, 3.05) is 34.0 Å². The lowest BCUT2D eigenvalue weighted by molar-refractivity contribution is -0.143. The van der Waals surface area contributed by atoms with E-state index in [1.54, 1.807) is 17.0 Å². The fourth-order valence-electron chi connectivity index (χ4n) is 4.97. The van der Waals surface area contributed by atoms with Crippen LogP contribution in [0.1, 0.15) is 48.9 Å². The van der Waals surface area contributed by atoms with Crippen LogP contribution in [-0.2, 0) is 14.3 Å². The van der Waals surface area contributed by atoms with Crippen LogP contribution < -0.4 is 14.8 Å². The molecule has 2 aliphatic rings. The van der Waals surface area contributed by atoms with Crippen LogP contribution in [0, 0.1) is 3.57 Å². The third kappa shape index (κ3) is 7.21. The second kappa shape index (κ2) is 14.1. The molecule has 204 valence electrons. The predicted molar refractivity (Wildman–Crippen MR) is 144 cm³/mol. The Morgan fingerprint density at radius 1 is 1.24 bits per heavy atom. The van der Waals surface area contributed by atoms with E-state index >= 15 is 0 Å². The summed E-state index contributed by atoms with van der Waals surface area (Å²) in [4.78, 5) is 39.4. The van der Waals surface area contributed by atoms with Crippen LogP contribution in [0.25, 0.3) is 0 Å². The molecule has 10 nitrogen and oxygen atoms in total. The number of amides is 2. The van der Waals surface area contributed by atoms with Gasteiger partial charge in [-0.15, -0.1) is 0 Å². The lowest BCUT2D eigenvalue weighted by Crippen LogP contribution is -2.57. The molecule has 3 unspecified atom stereocenters. The summed E-state index contributed by atoms with van der Waals surface area (Å²) in [5.74, 6) is 0.0963. The van der Waals surface area contributed by atoms with Crippen molar-refractivity contribution in [1.82, 2.24) is 10.2 Å². The van der Waals surface area contributed by atoms with E-state index in [1.807, 2.05) is 22.6 Å². The third-order valence-corrected chi connectivity index (χ3v) is 7.54. The Kier molecular flexibility index (Phi) is 11.2. The number of hydrogen-bond donors (Lipinski definition) is 3. The Morgan fingerprint density at radius 3 is 2.59 bits per heavy atom. The first-order valence-corrected chi connectivity index (χ1v) is 13.5. The average molecular weight is 630 g/mol. The molecule has 2 amide bonds. The quantitative estimate of drug-likeness (QED) is 0.236. The van der Waals surface area contributed by atoms with E-state index in [0.29, 0.717) is 32.5 Å². The molecule has 2 aliphatic carbocycles. The maximum Gasteiger partial charge on any atom is 0.247 e. The maximum absolute atomic E-state index is 13.4. The molecule has 0 aromatic heterocycles. The van der Waals surface area contributed by atoms with Gasteiger partial charge < -0.3 is 34.6 Å². The second-order valence-electron chi connectivity index (χ2n) is 9.15. The number of nitrogens with one attached hydrogen (secondary N) is 1. The smallest absolute Gasteiger partial charge is 0.247 e. The van der Waals surface area contributed by atoms with Crippen LogP contribution in [0.5, 0.6) is 11.5 Å². The van der Waals surface area contributed by atoms with Crippen molar-refractivity contribution < 1.29 is 38.8 Å². The molecule has 3 rings (SSSR count). The average Bonchev–Trinajstić information content (AvgIpc) is 3.43. The monoisotopic (exact) mass is 630 g/mol. The van der Waals surface area contributed by atoms with Gasteiger partial charge in [0.15, 0.2) is 11.5 Å². The highest BCUT2D eigenvalue weighted by Crippen LogP contribution is 2.38. The minimum atomic E-state index is -1.13. The van der Waals surface area contributed by atoms with Gasteiger partial charge in [0, 0.05) is 37.3 Å². The molecule has 0 bridgehead atoms. The lowest BCUT2D eigenvalue weighted by Gasteiger charge is -2.43. The highest BCUT2D eigenvalue weighted by atomic mass is 127. The lowest BCUT2D eigenvalue weighted by atomic mass is 9.87. The number of ether oxygens (including phenoxy) is 3. The Balaban J connectivity index is 2.00. The van der Waals surface area contributed by atoms with Crippen molar-refractivity contribution in [3.05, 3.63) is 32.9 Å². The van der Waals surface area contributed by atoms with Crippen LogP contribution >= 0.6 is 22.6 Å². The van der Waals surface area contributed by atoms with Crippen molar-refractivity contribution >= 4 is 40.7 Å². The van der Waals surface area contributed by atoms with E-state index in [9.17, 15) is 19.5 Å². The van der Waals surface area contributed by atoms with Crippen molar-refractivity contribution in [2.24, 2.45) is 0 Å². The molecule has 1 saturated carbocycles. The largest absolute Gasteiger partial charge is 0.493 e.